The van der Waals surface area contributed by atoms with E-state index in [1.165, 1.54) is 28.0 Å². The van der Waals surface area contributed by atoms with Gasteiger partial charge in [0.05, 0.1) is 17.9 Å². The maximum absolute atomic E-state index is 5.57. The molecule has 0 bridgehead atoms. The standard InChI is InChI=1S/C24H32N6O/c1-2-31-19-27-13-15-29(16-14-27)23-7-8-26-30-18-21(17-24(23)30)20-3-5-22(6-4-20)28-11-9-25-10-12-28/h3-8,17-18,25H,2,9-16,19H2,1H3. The van der Waals surface area contributed by atoms with Crippen LogP contribution in [0.4, 0.5) is 11.4 Å². The quantitative estimate of drug-likeness (QED) is 0.661. The van der Waals surface area contributed by atoms with E-state index in [0.29, 0.717) is 0 Å². The van der Waals surface area contributed by atoms with E-state index in [9.17, 15) is 0 Å². The minimum absolute atomic E-state index is 0.731. The van der Waals surface area contributed by atoms with Crippen LogP contribution in [0.2, 0.25) is 0 Å². The Kier molecular flexibility index (Phi) is 6.06. The molecule has 0 spiro atoms. The number of anilines is 2. The van der Waals surface area contributed by atoms with Crippen molar-refractivity contribution < 1.29 is 4.74 Å². The van der Waals surface area contributed by atoms with Gasteiger partial charge in [-0.05, 0) is 36.8 Å². The fourth-order valence-corrected chi connectivity index (χ4v) is 4.55. The lowest BCUT2D eigenvalue weighted by Crippen LogP contribution is -2.47. The fraction of sp³-hybridized carbons (Fsp3) is 0.458. The highest BCUT2D eigenvalue weighted by Gasteiger charge is 2.20. The summed E-state index contributed by atoms with van der Waals surface area (Å²) in [6, 6.07) is 13.4. The molecule has 1 aromatic carbocycles. The van der Waals surface area contributed by atoms with Crippen LogP contribution in [0.15, 0.2) is 48.8 Å². The van der Waals surface area contributed by atoms with Crippen molar-refractivity contribution >= 4 is 16.9 Å². The van der Waals surface area contributed by atoms with Crippen LogP contribution in [0.3, 0.4) is 0 Å². The van der Waals surface area contributed by atoms with E-state index < -0.39 is 0 Å². The third-order valence-electron chi connectivity index (χ3n) is 6.36. The van der Waals surface area contributed by atoms with Gasteiger partial charge in [-0.25, -0.2) is 4.52 Å². The summed E-state index contributed by atoms with van der Waals surface area (Å²) in [4.78, 5) is 7.29. The molecule has 2 aliphatic heterocycles. The molecule has 5 rings (SSSR count). The van der Waals surface area contributed by atoms with Crippen LogP contribution in [0.1, 0.15) is 6.92 Å². The van der Waals surface area contributed by atoms with Gasteiger partial charge in [-0.15, -0.1) is 0 Å². The monoisotopic (exact) mass is 420 g/mol. The predicted molar refractivity (Wildman–Crippen MR) is 126 cm³/mol. The van der Waals surface area contributed by atoms with Crippen molar-refractivity contribution in [3.63, 3.8) is 0 Å². The second-order valence-electron chi connectivity index (χ2n) is 8.29. The highest BCUT2D eigenvalue weighted by Crippen LogP contribution is 2.30. The SMILES string of the molecule is CCOCN1CCN(c2ccnn3cc(-c4ccc(N5CCNCC5)cc4)cc23)CC1. The Balaban J connectivity index is 1.34. The number of nitrogens with zero attached hydrogens (tertiary/aromatic N) is 5. The second-order valence-corrected chi connectivity index (χ2v) is 8.29. The normalized spacial score (nSPS) is 18.1. The number of rotatable bonds is 6. The van der Waals surface area contributed by atoms with Gasteiger partial charge in [0, 0.05) is 82.6 Å². The number of fused-ring (bicyclic) bond motifs is 1. The zero-order valence-electron chi connectivity index (χ0n) is 18.3. The minimum atomic E-state index is 0.731. The molecular weight excluding hydrogens is 388 g/mol. The molecule has 164 valence electrons. The topological polar surface area (TPSA) is 48.3 Å². The van der Waals surface area contributed by atoms with Crippen LogP contribution >= 0.6 is 0 Å². The molecule has 3 aromatic rings. The molecule has 31 heavy (non-hydrogen) atoms. The first-order valence-corrected chi connectivity index (χ1v) is 11.4. The van der Waals surface area contributed by atoms with E-state index in [-0.39, 0.29) is 0 Å². The van der Waals surface area contributed by atoms with Crippen molar-refractivity contribution in [1.29, 1.82) is 0 Å². The molecule has 2 saturated heterocycles. The third kappa shape index (κ3) is 4.39. The Morgan fingerprint density at radius 1 is 0.903 bits per heavy atom. The summed E-state index contributed by atoms with van der Waals surface area (Å²) in [5.74, 6) is 0. The molecule has 0 unspecified atom stereocenters. The van der Waals surface area contributed by atoms with Gasteiger partial charge in [-0.2, -0.15) is 5.10 Å². The summed E-state index contributed by atoms with van der Waals surface area (Å²) in [7, 11) is 0. The fourth-order valence-electron chi connectivity index (χ4n) is 4.55. The number of piperazine rings is 2. The van der Waals surface area contributed by atoms with Gasteiger partial charge in [0.1, 0.15) is 0 Å². The van der Waals surface area contributed by atoms with Crippen molar-refractivity contribution in [2.45, 2.75) is 6.92 Å². The van der Waals surface area contributed by atoms with Crippen molar-refractivity contribution in [3.8, 4) is 11.1 Å². The van der Waals surface area contributed by atoms with Gasteiger partial charge in [0.15, 0.2) is 0 Å². The molecule has 4 heterocycles. The van der Waals surface area contributed by atoms with E-state index in [1.54, 1.807) is 0 Å². The van der Waals surface area contributed by atoms with Gasteiger partial charge >= 0.3 is 0 Å². The lowest BCUT2D eigenvalue weighted by Gasteiger charge is -2.35. The van der Waals surface area contributed by atoms with E-state index in [0.717, 1.165) is 65.7 Å². The molecule has 2 fully saturated rings. The molecule has 0 amide bonds. The average molecular weight is 421 g/mol. The smallest absolute Gasteiger partial charge is 0.0991 e. The van der Waals surface area contributed by atoms with Crippen molar-refractivity contribution in [1.82, 2.24) is 19.8 Å². The van der Waals surface area contributed by atoms with Crippen LogP contribution < -0.4 is 15.1 Å². The van der Waals surface area contributed by atoms with Crippen molar-refractivity contribution in [2.24, 2.45) is 0 Å². The Morgan fingerprint density at radius 2 is 1.68 bits per heavy atom. The van der Waals surface area contributed by atoms with Crippen LogP contribution in [0.5, 0.6) is 0 Å². The molecule has 0 aliphatic carbocycles. The predicted octanol–water partition coefficient (Wildman–Crippen LogP) is 2.53. The Labute approximate surface area is 184 Å². The van der Waals surface area contributed by atoms with E-state index in [1.807, 2.05) is 17.6 Å². The number of hydrogen-bond acceptors (Lipinski definition) is 6. The summed E-state index contributed by atoms with van der Waals surface area (Å²) < 4.78 is 7.59. The summed E-state index contributed by atoms with van der Waals surface area (Å²) in [6.07, 6.45) is 4.05. The molecule has 0 radical (unpaired) electrons. The first-order valence-electron chi connectivity index (χ1n) is 11.4. The number of benzene rings is 1. The zero-order valence-corrected chi connectivity index (χ0v) is 18.3. The minimum Gasteiger partial charge on any atom is -0.369 e. The summed E-state index contributed by atoms with van der Waals surface area (Å²) in [6.45, 7) is 11.9. The van der Waals surface area contributed by atoms with Crippen LogP contribution in [0.25, 0.3) is 16.6 Å². The zero-order chi connectivity index (χ0) is 21.0. The largest absolute Gasteiger partial charge is 0.369 e. The van der Waals surface area contributed by atoms with Gasteiger partial charge in [-0.1, -0.05) is 12.1 Å². The molecule has 2 aliphatic rings. The first-order chi connectivity index (χ1) is 15.3. The molecule has 2 aromatic heterocycles. The highest BCUT2D eigenvalue weighted by molar-refractivity contribution is 5.80. The third-order valence-corrected chi connectivity index (χ3v) is 6.36. The number of hydrogen-bond donors (Lipinski definition) is 1. The Morgan fingerprint density at radius 3 is 2.42 bits per heavy atom. The number of nitrogens with one attached hydrogen (secondary N) is 1. The van der Waals surface area contributed by atoms with Crippen molar-refractivity contribution in [2.75, 3.05) is 75.5 Å². The van der Waals surface area contributed by atoms with Gasteiger partial charge in [0.25, 0.3) is 0 Å². The Bertz CT molecular complexity index is 987. The van der Waals surface area contributed by atoms with Crippen LogP contribution in [-0.4, -0.2) is 80.2 Å². The lowest BCUT2D eigenvalue weighted by molar-refractivity contribution is 0.0326. The van der Waals surface area contributed by atoms with Crippen LogP contribution in [0, 0.1) is 0 Å². The summed E-state index contributed by atoms with van der Waals surface area (Å²) in [5.41, 5.74) is 6.17. The average Bonchev–Trinajstić information content (AvgIpc) is 3.28. The summed E-state index contributed by atoms with van der Waals surface area (Å²) in [5, 5.41) is 7.99. The van der Waals surface area contributed by atoms with E-state index in [2.05, 4.69) is 67.7 Å². The van der Waals surface area contributed by atoms with Crippen molar-refractivity contribution in [3.05, 3.63) is 48.8 Å². The first kappa shape index (κ1) is 20.3. The molecule has 7 heteroatoms. The molecule has 0 saturated carbocycles. The van der Waals surface area contributed by atoms with Crippen LogP contribution in [-0.2, 0) is 4.74 Å². The molecule has 1 N–H and O–H groups in total. The maximum Gasteiger partial charge on any atom is 0.0991 e. The Hall–Kier alpha value is -2.61. The molecule has 7 nitrogen and oxygen atoms in total. The molecule has 0 atom stereocenters. The van der Waals surface area contributed by atoms with Gasteiger partial charge in [-0.3, -0.25) is 4.90 Å². The van der Waals surface area contributed by atoms with E-state index in [4.69, 9.17) is 4.74 Å². The highest BCUT2D eigenvalue weighted by atomic mass is 16.5. The number of aromatic nitrogens is 2. The van der Waals surface area contributed by atoms with E-state index >= 15 is 0 Å². The van der Waals surface area contributed by atoms with Gasteiger partial charge in [0.2, 0.25) is 0 Å². The maximum atomic E-state index is 5.57. The second kappa shape index (κ2) is 9.26. The van der Waals surface area contributed by atoms with Gasteiger partial charge < -0.3 is 19.9 Å². The number of ether oxygens (including phenoxy) is 1. The lowest BCUT2D eigenvalue weighted by atomic mass is 10.1. The summed E-state index contributed by atoms with van der Waals surface area (Å²) >= 11 is 0. The molecular formula is C24H32N6O.